The summed E-state index contributed by atoms with van der Waals surface area (Å²) in [4.78, 5) is 10.6. The molecule has 27 heavy (non-hydrogen) atoms. The summed E-state index contributed by atoms with van der Waals surface area (Å²) in [6.07, 6.45) is 4.18. The van der Waals surface area contributed by atoms with Gasteiger partial charge in [-0.05, 0) is 42.7 Å². The summed E-state index contributed by atoms with van der Waals surface area (Å²) in [6.45, 7) is 0. The number of nitro groups is 1. The molecule has 2 aliphatic rings. The van der Waals surface area contributed by atoms with E-state index >= 15 is 0 Å². The minimum Gasteiger partial charge on any atom is -0.496 e. The van der Waals surface area contributed by atoms with Crippen molar-refractivity contribution in [3.63, 3.8) is 0 Å². The molecule has 1 aliphatic heterocycles. The molecule has 0 aromatic heterocycles. The van der Waals surface area contributed by atoms with E-state index in [-0.39, 0.29) is 28.7 Å². The fraction of sp³-hybridized carbons (Fsp3) is 0.429. The van der Waals surface area contributed by atoms with Crippen LogP contribution in [0.4, 0.5) is 5.69 Å². The molecule has 6 heteroatoms. The van der Waals surface area contributed by atoms with Crippen LogP contribution >= 0.6 is 0 Å². The first-order chi connectivity index (χ1) is 13.1. The number of ether oxygens (including phenoxy) is 3. The van der Waals surface area contributed by atoms with Crippen LogP contribution in [0, 0.1) is 10.1 Å². The third-order valence-electron chi connectivity index (χ3n) is 5.70. The van der Waals surface area contributed by atoms with E-state index in [0.29, 0.717) is 0 Å². The van der Waals surface area contributed by atoms with Crippen molar-refractivity contribution in [2.24, 2.45) is 0 Å². The van der Waals surface area contributed by atoms with Crippen LogP contribution in [-0.4, -0.2) is 25.2 Å². The van der Waals surface area contributed by atoms with E-state index in [1.54, 1.807) is 26.4 Å². The molecule has 0 amide bonds. The van der Waals surface area contributed by atoms with Gasteiger partial charge in [-0.3, -0.25) is 10.1 Å². The Labute approximate surface area is 158 Å². The molecule has 6 nitrogen and oxygen atoms in total. The van der Waals surface area contributed by atoms with Gasteiger partial charge < -0.3 is 14.2 Å². The molecular weight excluding hydrogens is 346 g/mol. The first kappa shape index (κ1) is 17.8. The van der Waals surface area contributed by atoms with Crippen LogP contribution in [0.2, 0.25) is 0 Å². The maximum atomic E-state index is 11.0. The Hall–Kier alpha value is -2.60. The van der Waals surface area contributed by atoms with Gasteiger partial charge in [0.25, 0.3) is 5.69 Å². The molecule has 1 aliphatic carbocycles. The second-order valence-electron chi connectivity index (χ2n) is 7.09. The molecule has 1 saturated carbocycles. The highest BCUT2D eigenvalue weighted by Gasteiger charge is 2.41. The van der Waals surface area contributed by atoms with Gasteiger partial charge in [-0.2, -0.15) is 0 Å². The quantitative estimate of drug-likeness (QED) is 0.574. The van der Waals surface area contributed by atoms with Crippen LogP contribution in [0.25, 0.3) is 0 Å². The van der Waals surface area contributed by atoms with E-state index in [9.17, 15) is 10.1 Å². The first-order valence-corrected chi connectivity index (χ1v) is 9.28. The fourth-order valence-corrected chi connectivity index (χ4v) is 4.45. The summed E-state index contributed by atoms with van der Waals surface area (Å²) in [7, 11) is 3.35. The van der Waals surface area contributed by atoms with E-state index in [2.05, 4.69) is 0 Å². The molecule has 4 rings (SSSR count). The zero-order chi connectivity index (χ0) is 19.0. The number of hydrogen-bond donors (Lipinski definition) is 0. The second-order valence-corrected chi connectivity index (χ2v) is 7.09. The molecule has 0 unspecified atom stereocenters. The smallest absolute Gasteiger partial charge is 0.269 e. The number of nitro benzene ring substituents is 1. The summed E-state index contributed by atoms with van der Waals surface area (Å²) in [5, 5.41) is 11.0. The van der Waals surface area contributed by atoms with Crippen LogP contribution in [0.1, 0.15) is 54.4 Å². The van der Waals surface area contributed by atoms with Crippen molar-refractivity contribution in [1.82, 2.24) is 0 Å². The van der Waals surface area contributed by atoms with Gasteiger partial charge >= 0.3 is 0 Å². The van der Waals surface area contributed by atoms with Crippen molar-refractivity contribution in [3.8, 4) is 11.5 Å². The van der Waals surface area contributed by atoms with E-state index in [0.717, 1.165) is 47.5 Å². The lowest BCUT2D eigenvalue weighted by Gasteiger charge is -2.42. The van der Waals surface area contributed by atoms with Gasteiger partial charge in [-0.15, -0.1) is 0 Å². The summed E-state index contributed by atoms with van der Waals surface area (Å²) in [5.74, 6) is 1.91. The third-order valence-corrected chi connectivity index (χ3v) is 5.70. The number of fused-ring (bicyclic) bond motifs is 3. The first-order valence-electron chi connectivity index (χ1n) is 9.28. The molecule has 0 N–H and O–H groups in total. The molecule has 2 aromatic carbocycles. The van der Waals surface area contributed by atoms with Gasteiger partial charge in [-0.25, -0.2) is 0 Å². The molecule has 0 saturated heterocycles. The lowest BCUT2D eigenvalue weighted by Crippen LogP contribution is -2.34. The van der Waals surface area contributed by atoms with Crippen molar-refractivity contribution >= 4 is 5.69 Å². The number of rotatable bonds is 4. The Morgan fingerprint density at radius 1 is 0.963 bits per heavy atom. The van der Waals surface area contributed by atoms with Gasteiger partial charge in [0, 0.05) is 29.2 Å². The standard InChI is InChI=1S/C21H23NO5/c1-25-17-11-12-18(26-2)20-19(17)15-5-3-4-6-16(15)27-21(20)13-7-9-14(10-8-13)22(23)24/h7-12,15-16,21H,3-6H2,1-2H3/t15-,16-,21+/m1/s1. The summed E-state index contributed by atoms with van der Waals surface area (Å²) >= 11 is 0. The highest BCUT2D eigenvalue weighted by atomic mass is 16.6. The van der Waals surface area contributed by atoms with Gasteiger partial charge in [0.05, 0.1) is 25.2 Å². The van der Waals surface area contributed by atoms with E-state index in [4.69, 9.17) is 14.2 Å². The molecule has 1 heterocycles. The largest absolute Gasteiger partial charge is 0.496 e. The lowest BCUT2D eigenvalue weighted by molar-refractivity contribution is -0.384. The van der Waals surface area contributed by atoms with Gasteiger partial charge in [0.1, 0.15) is 17.6 Å². The monoisotopic (exact) mass is 369 g/mol. The van der Waals surface area contributed by atoms with Crippen molar-refractivity contribution in [2.75, 3.05) is 14.2 Å². The van der Waals surface area contributed by atoms with Gasteiger partial charge in [0.15, 0.2) is 0 Å². The van der Waals surface area contributed by atoms with Crippen LogP contribution in [0.15, 0.2) is 36.4 Å². The van der Waals surface area contributed by atoms with E-state index < -0.39 is 0 Å². The second kappa shape index (κ2) is 7.19. The van der Waals surface area contributed by atoms with Crippen molar-refractivity contribution in [3.05, 3.63) is 63.2 Å². The van der Waals surface area contributed by atoms with Gasteiger partial charge in [-0.1, -0.05) is 12.8 Å². The Morgan fingerprint density at radius 3 is 2.22 bits per heavy atom. The predicted molar refractivity (Wildman–Crippen MR) is 101 cm³/mol. The van der Waals surface area contributed by atoms with Crippen molar-refractivity contribution in [2.45, 2.75) is 43.8 Å². The highest BCUT2D eigenvalue weighted by Crippen LogP contribution is 2.52. The predicted octanol–water partition coefficient (Wildman–Crippen LogP) is 4.76. The molecular formula is C21H23NO5. The highest BCUT2D eigenvalue weighted by molar-refractivity contribution is 5.56. The molecule has 0 bridgehead atoms. The summed E-state index contributed by atoms with van der Waals surface area (Å²) < 4.78 is 17.9. The number of methoxy groups -OCH3 is 2. The Bertz CT molecular complexity index is 848. The number of non-ortho nitro benzene ring substituents is 1. The molecule has 142 valence electrons. The Morgan fingerprint density at radius 2 is 1.59 bits per heavy atom. The van der Waals surface area contributed by atoms with Crippen molar-refractivity contribution < 1.29 is 19.1 Å². The zero-order valence-electron chi connectivity index (χ0n) is 15.5. The molecule has 0 radical (unpaired) electrons. The molecule has 3 atom stereocenters. The topological polar surface area (TPSA) is 70.8 Å². The summed E-state index contributed by atoms with van der Waals surface area (Å²) in [5.41, 5.74) is 3.10. The average molecular weight is 369 g/mol. The van der Waals surface area contributed by atoms with Crippen LogP contribution in [-0.2, 0) is 4.74 Å². The van der Waals surface area contributed by atoms with Crippen LogP contribution in [0.5, 0.6) is 11.5 Å². The third kappa shape index (κ3) is 3.04. The minimum atomic E-state index is -0.389. The minimum absolute atomic E-state index is 0.0722. The van der Waals surface area contributed by atoms with Crippen LogP contribution < -0.4 is 9.47 Å². The summed E-state index contributed by atoms with van der Waals surface area (Å²) in [6, 6.07) is 10.5. The Balaban J connectivity index is 1.87. The average Bonchev–Trinajstić information content (AvgIpc) is 2.72. The Kier molecular flexibility index (Phi) is 4.74. The lowest BCUT2D eigenvalue weighted by atomic mass is 9.75. The normalized spacial score (nSPS) is 23.9. The van der Waals surface area contributed by atoms with Crippen LogP contribution in [0.3, 0.4) is 0 Å². The van der Waals surface area contributed by atoms with E-state index in [1.807, 2.05) is 12.1 Å². The molecule has 1 fully saturated rings. The zero-order valence-corrected chi connectivity index (χ0v) is 15.5. The number of benzene rings is 2. The molecule has 2 aromatic rings. The van der Waals surface area contributed by atoms with E-state index in [1.165, 1.54) is 18.6 Å². The number of hydrogen-bond acceptors (Lipinski definition) is 5. The SMILES string of the molecule is COc1ccc(OC)c2c1[C@H](c1ccc([N+](=O)[O-])cc1)O[C@@H]1CCCC[C@@H]21. The molecule has 0 spiro atoms. The maximum Gasteiger partial charge on any atom is 0.269 e. The maximum absolute atomic E-state index is 11.0. The van der Waals surface area contributed by atoms with Gasteiger partial charge in [0.2, 0.25) is 0 Å². The van der Waals surface area contributed by atoms with Crippen molar-refractivity contribution in [1.29, 1.82) is 0 Å². The number of nitrogens with zero attached hydrogens (tertiary/aromatic N) is 1. The fourth-order valence-electron chi connectivity index (χ4n) is 4.45.